The van der Waals surface area contributed by atoms with Crippen LogP contribution in [0.2, 0.25) is 0 Å². The Morgan fingerprint density at radius 3 is 2.26 bits per heavy atom. The summed E-state index contributed by atoms with van der Waals surface area (Å²) in [6, 6.07) is 28.9. The first kappa shape index (κ1) is 28.9. The maximum Gasteiger partial charge on any atom is 0.416 e. The van der Waals surface area contributed by atoms with Crippen LogP contribution in [0, 0.1) is 17.2 Å². The number of benzene rings is 4. The van der Waals surface area contributed by atoms with E-state index in [1.54, 1.807) is 30.3 Å². The average molecular weight is 568 g/mol. The van der Waals surface area contributed by atoms with E-state index in [4.69, 9.17) is 9.72 Å². The molecule has 0 spiro atoms. The van der Waals surface area contributed by atoms with Crippen molar-refractivity contribution in [3.63, 3.8) is 0 Å². The Bertz CT molecular complexity index is 1730. The number of hydrogen-bond acceptors (Lipinski definition) is 3. The number of hydrogen-bond donors (Lipinski definition) is 0. The number of ether oxygens (including phenoxy) is 1. The lowest BCUT2D eigenvalue weighted by molar-refractivity contribution is -0.138. The number of imidazole rings is 1. The van der Waals surface area contributed by atoms with Gasteiger partial charge in [0.15, 0.2) is 0 Å². The van der Waals surface area contributed by atoms with E-state index in [-0.39, 0.29) is 24.6 Å². The number of alkyl halides is 3. The summed E-state index contributed by atoms with van der Waals surface area (Å²) >= 11 is 0. The Hall–Kier alpha value is -4.57. The Balaban J connectivity index is 1.54. The van der Waals surface area contributed by atoms with Gasteiger partial charge in [-0.05, 0) is 53.3 Å². The van der Waals surface area contributed by atoms with Gasteiger partial charge in [-0.1, -0.05) is 81.4 Å². The van der Waals surface area contributed by atoms with Crippen molar-refractivity contribution in [1.29, 1.82) is 5.26 Å². The minimum absolute atomic E-state index is 0.0209. The highest BCUT2D eigenvalue weighted by Crippen LogP contribution is 2.35. The average Bonchev–Trinajstić information content (AvgIpc) is 3.33. The molecule has 0 saturated carbocycles. The van der Waals surface area contributed by atoms with E-state index in [1.807, 2.05) is 29.7 Å². The van der Waals surface area contributed by atoms with Crippen LogP contribution in [0.5, 0.6) is 5.75 Å². The first-order valence-corrected chi connectivity index (χ1v) is 14.0. The number of nitriles is 1. The van der Waals surface area contributed by atoms with Gasteiger partial charge in [0.05, 0.1) is 28.2 Å². The second-order valence-corrected chi connectivity index (χ2v) is 11.0. The predicted octanol–water partition coefficient (Wildman–Crippen LogP) is 8.90. The molecule has 5 aromatic rings. The third-order valence-electron chi connectivity index (χ3n) is 7.44. The molecule has 1 unspecified atom stereocenters. The lowest BCUT2D eigenvalue weighted by Crippen LogP contribution is -2.14. The molecule has 0 saturated heterocycles. The van der Waals surface area contributed by atoms with E-state index in [0.29, 0.717) is 28.6 Å². The first-order chi connectivity index (χ1) is 20.1. The van der Waals surface area contributed by atoms with E-state index < -0.39 is 11.7 Å². The van der Waals surface area contributed by atoms with Crippen molar-refractivity contribution in [3.05, 3.63) is 130 Å². The van der Waals surface area contributed by atoms with Crippen molar-refractivity contribution >= 4 is 11.0 Å². The van der Waals surface area contributed by atoms with E-state index in [1.165, 1.54) is 17.7 Å². The van der Waals surface area contributed by atoms with Gasteiger partial charge in [0.2, 0.25) is 0 Å². The van der Waals surface area contributed by atoms with Crippen molar-refractivity contribution in [1.82, 2.24) is 9.55 Å². The second-order valence-electron chi connectivity index (χ2n) is 11.0. The van der Waals surface area contributed by atoms with E-state index in [2.05, 4.69) is 44.2 Å². The molecule has 1 heterocycles. The van der Waals surface area contributed by atoms with Gasteiger partial charge >= 0.3 is 6.18 Å². The van der Waals surface area contributed by atoms with Gasteiger partial charge in [-0.2, -0.15) is 18.4 Å². The zero-order valence-corrected chi connectivity index (χ0v) is 23.8. The highest BCUT2D eigenvalue weighted by Gasteiger charge is 2.33. The molecule has 0 amide bonds. The van der Waals surface area contributed by atoms with Gasteiger partial charge in [0, 0.05) is 24.1 Å². The van der Waals surface area contributed by atoms with Gasteiger partial charge < -0.3 is 9.30 Å². The summed E-state index contributed by atoms with van der Waals surface area (Å²) in [7, 11) is 0. The van der Waals surface area contributed by atoms with Gasteiger partial charge in [0.1, 0.15) is 18.2 Å². The van der Waals surface area contributed by atoms with Crippen LogP contribution in [-0.4, -0.2) is 9.55 Å². The first-order valence-electron chi connectivity index (χ1n) is 14.0. The number of halogens is 3. The summed E-state index contributed by atoms with van der Waals surface area (Å²) in [4.78, 5) is 4.95. The van der Waals surface area contributed by atoms with Crippen LogP contribution in [0.15, 0.2) is 91.0 Å². The topological polar surface area (TPSA) is 50.8 Å². The lowest BCUT2D eigenvalue weighted by atomic mass is 9.96. The fourth-order valence-electron chi connectivity index (χ4n) is 5.30. The molecule has 0 aliphatic rings. The minimum atomic E-state index is -4.47. The highest BCUT2D eigenvalue weighted by molar-refractivity contribution is 5.78. The summed E-state index contributed by atoms with van der Waals surface area (Å²) in [5.41, 5.74) is 4.46. The molecule has 42 heavy (non-hydrogen) atoms. The molecule has 5 rings (SSSR count). The number of aromatic nitrogens is 2. The molecular weight excluding hydrogens is 535 g/mol. The summed E-state index contributed by atoms with van der Waals surface area (Å²) in [6.07, 6.45) is -3.49. The van der Waals surface area contributed by atoms with E-state index in [0.717, 1.165) is 29.1 Å². The van der Waals surface area contributed by atoms with Crippen LogP contribution in [-0.2, 0) is 25.7 Å². The Morgan fingerprint density at radius 1 is 0.881 bits per heavy atom. The molecule has 1 atom stereocenters. The summed E-state index contributed by atoms with van der Waals surface area (Å²) in [6.45, 7) is 6.62. The molecule has 0 fully saturated rings. The molecule has 4 nitrogen and oxygen atoms in total. The second kappa shape index (κ2) is 12.1. The quantitative estimate of drug-likeness (QED) is 0.179. The third kappa shape index (κ3) is 6.33. The van der Waals surface area contributed by atoms with Crippen molar-refractivity contribution in [3.8, 4) is 11.8 Å². The van der Waals surface area contributed by atoms with Gasteiger partial charge in [0.25, 0.3) is 0 Å². The van der Waals surface area contributed by atoms with Gasteiger partial charge in [-0.3, -0.25) is 0 Å². The molecular formula is C35H32F3N3O. The molecule has 0 N–H and O–H groups in total. The van der Waals surface area contributed by atoms with Crippen molar-refractivity contribution in [2.45, 2.75) is 52.4 Å². The maximum absolute atomic E-state index is 13.9. The third-order valence-corrected chi connectivity index (χ3v) is 7.44. The molecule has 4 aromatic carbocycles. The molecule has 0 radical (unpaired) electrons. The SMILES string of the molecule is CC(C)Cc1ccc(C(C)c2nc3cc(OCc4ccccc4C#N)ccc3n2Cc2ccccc2C(F)(F)F)cc1. The number of fused-ring (bicyclic) bond motifs is 1. The zero-order chi connectivity index (χ0) is 29.9. The van der Waals surface area contributed by atoms with E-state index >= 15 is 0 Å². The summed E-state index contributed by atoms with van der Waals surface area (Å²) in [5.74, 6) is 1.60. The van der Waals surface area contributed by atoms with Crippen molar-refractivity contribution < 1.29 is 17.9 Å². The Kier molecular flexibility index (Phi) is 8.35. The van der Waals surface area contributed by atoms with Crippen molar-refractivity contribution in [2.75, 3.05) is 0 Å². The van der Waals surface area contributed by atoms with Crippen LogP contribution >= 0.6 is 0 Å². The normalized spacial score (nSPS) is 12.4. The molecule has 1 aromatic heterocycles. The molecule has 214 valence electrons. The van der Waals surface area contributed by atoms with Crippen LogP contribution < -0.4 is 4.74 Å². The molecule has 0 aliphatic heterocycles. The van der Waals surface area contributed by atoms with Crippen LogP contribution in [0.3, 0.4) is 0 Å². The van der Waals surface area contributed by atoms with Crippen molar-refractivity contribution in [2.24, 2.45) is 5.92 Å². The standard InChI is InChI=1S/C35H32F3N3O/c1-23(2)18-25-12-14-26(15-13-25)24(3)34-40-32-19-30(42-22-29-10-5-4-8-27(29)20-39)16-17-33(32)41(34)21-28-9-6-7-11-31(28)35(36,37)38/h4-17,19,23-24H,18,21-22H2,1-3H3. The van der Waals surface area contributed by atoms with Crippen LogP contribution in [0.4, 0.5) is 13.2 Å². The Labute approximate surface area is 244 Å². The van der Waals surface area contributed by atoms with Gasteiger partial charge in [-0.25, -0.2) is 4.98 Å². The fraction of sp³-hybridized carbons (Fsp3) is 0.257. The zero-order valence-electron chi connectivity index (χ0n) is 23.8. The molecule has 0 bridgehead atoms. The number of nitrogens with zero attached hydrogens (tertiary/aromatic N) is 3. The number of rotatable bonds is 9. The Morgan fingerprint density at radius 2 is 1.57 bits per heavy atom. The summed E-state index contributed by atoms with van der Waals surface area (Å²) < 4.78 is 49.6. The largest absolute Gasteiger partial charge is 0.489 e. The lowest BCUT2D eigenvalue weighted by Gasteiger charge is -2.18. The smallest absolute Gasteiger partial charge is 0.416 e. The van der Waals surface area contributed by atoms with Gasteiger partial charge in [-0.15, -0.1) is 0 Å². The van der Waals surface area contributed by atoms with Crippen LogP contribution in [0.1, 0.15) is 65.9 Å². The maximum atomic E-state index is 13.9. The predicted molar refractivity (Wildman–Crippen MR) is 158 cm³/mol. The summed E-state index contributed by atoms with van der Waals surface area (Å²) in [5, 5.41) is 9.39. The monoisotopic (exact) mass is 567 g/mol. The fourth-order valence-corrected chi connectivity index (χ4v) is 5.30. The highest BCUT2D eigenvalue weighted by atomic mass is 19.4. The minimum Gasteiger partial charge on any atom is -0.489 e. The van der Waals surface area contributed by atoms with Crippen LogP contribution in [0.25, 0.3) is 11.0 Å². The molecule has 7 heteroatoms. The molecule has 0 aliphatic carbocycles. The van der Waals surface area contributed by atoms with E-state index in [9.17, 15) is 18.4 Å².